The van der Waals surface area contributed by atoms with Crippen molar-refractivity contribution in [3.8, 4) is 0 Å². The number of amides is 3. The summed E-state index contributed by atoms with van der Waals surface area (Å²) in [6.45, 7) is 3.08. The number of nitrogens with two attached hydrogens (primary N) is 1. The van der Waals surface area contributed by atoms with Crippen LogP contribution in [0.2, 0.25) is 0 Å². The van der Waals surface area contributed by atoms with Gasteiger partial charge in [-0.3, -0.25) is 10.1 Å². The SMILES string of the molecule is CCCCCc1nnc(NC(=O)N2CCC(C(N)=O)C2)s1. The van der Waals surface area contributed by atoms with Crippen LogP contribution >= 0.6 is 11.3 Å². The highest BCUT2D eigenvalue weighted by molar-refractivity contribution is 7.15. The minimum absolute atomic E-state index is 0.241. The Morgan fingerprint density at radius 1 is 1.43 bits per heavy atom. The molecule has 0 radical (unpaired) electrons. The molecule has 1 saturated heterocycles. The highest BCUT2D eigenvalue weighted by Crippen LogP contribution is 2.20. The van der Waals surface area contributed by atoms with Gasteiger partial charge in [0.05, 0.1) is 5.92 Å². The Morgan fingerprint density at radius 2 is 2.24 bits per heavy atom. The third-order valence-electron chi connectivity index (χ3n) is 3.55. The first-order valence-electron chi connectivity index (χ1n) is 7.27. The van der Waals surface area contributed by atoms with Crippen LogP contribution in [0.5, 0.6) is 0 Å². The first-order valence-corrected chi connectivity index (χ1v) is 8.09. The van der Waals surface area contributed by atoms with Gasteiger partial charge in [-0.05, 0) is 12.8 Å². The van der Waals surface area contributed by atoms with Crippen LogP contribution in [-0.2, 0) is 11.2 Å². The summed E-state index contributed by atoms with van der Waals surface area (Å²) in [5.41, 5.74) is 5.26. The second kappa shape index (κ2) is 7.35. The van der Waals surface area contributed by atoms with E-state index in [9.17, 15) is 9.59 Å². The van der Waals surface area contributed by atoms with Crippen molar-refractivity contribution in [2.75, 3.05) is 18.4 Å². The van der Waals surface area contributed by atoms with Crippen LogP contribution in [0.4, 0.5) is 9.93 Å². The van der Waals surface area contributed by atoms with Gasteiger partial charge in [0, 0.05) is 19.5 Å². The number of hydrogen-bond donors (Lipinski definition) is 2. The molecule has 1 unspecified atom stereocenters. The number of primary amides is 1. The van der Waals surface area contributed by atoms with E-state index in [-0.39, 0.29) is 17.9 Å². The lowest BCUT2D eigenvalue weighted by Gasteiger charge is -2.15. The van der Waals surface area contributed by atoms with Gasteiger partial charge in [0.15, 0.2) is 0 Å². The number of hydrogen-bond acceptors (Lipinski definition) is 5. The first-order chi connectivity index (χ1) is 10.1. The van der Waals surface area contributed by atoms with Crippen LogP contribution in [0.25, 0.3) is 0 Å². The zero-order chi connectivity index (χ0) is 15.2. The average Bonchev–Trinajstić information content (AvgIpc) is 3.08. The molecule has 0 aromatic carbocycles. The third kappa shape index (κ3) is 4.38. The van der Waals surface area contributed by atoms with E-state index in [1.54, 1.807) is 4.90 Å². The Labute approximate surface area is 127 Å². The summed E-state index contributed by atoms with van der Waals surface area (Å²) in [5.74, 6) is -0.589. The number of likely N-dealkylation sites (tertiary alicyclic amines) is 1. The Bertz CT molecular complexity index is 505. The van der Waals surface area contributed by atoms with E-state index < -0.39 is 0 Å². The van der Waals surface area contributed by atoms with Gasteiger partial charge in [0.2, 0.25) is 11.0 Å². The molecule has 2 rings (SSSR count). The molecule has 0 bridgehead atoms. The lowest BCUT2D eigenvalue weighted by atomic mass is 10.1. The molecule has 1 atom stereocenters. The predicted molar refractivity (Wildman–Crippen MR) is 81.0 cm³/mol. The Kier molecular flexibility index (Phi) is 5.49. The number of carbonyl (C=O) groups excluding carboxylic acids is 2. The lowest BCUT2D eigenvalue weighted by molar-refractivity contribution is -0.121. The second-order valence-corrected chi connectivity index (χ2v) is 6.28. The predicted octanol–water partition coefficient (Wildman–Crippen LogP) is 1.61. The number of urea groups is 1. The summed E-state index contributed by atoms with van der Waals surface area (Å²) in [4.78, 5) is 24.7. The number of aromatic nitrogens is 2. The molecule has 1 aromatic rings. The van der Waals surface area contributed by atoms with E-state index in [2.05, 4.69) is 22.4 Å². The van der Waals surface area contributed by atoms with Gasteiger partial charge in [-0.2, -0.15) is 0 Å². The summed E-state index contributed by atoms with van der Waals surface area (Å²) in [7, 11) is 0. The standard InChI is InChI=1S/C13H21N5O2S/c1-2-3-4-5-10-16-17-12(21-10)15-13(20)18-7-6-9(8-18)11(14)19/h9H,2-8H2,1H3,(H2,14,19)(H,15,17,20). The van der Waals surface area contributed by atoms with Gasteiger partial charge in [-0.25, -0.2) is 4.79 Å². The maximum absolute atomic E-state index is 12.1. The second-order valence-electron chi connectivity index (χ2n) is 5.22. The Morgan fingerprint density at radius 3 is 2.90 bits per heavy atom. The Balaban J connectivity index is 1.82. The zero-order valence-electron chi connectivity index (χ0n) is 12.2. The fourth-order valence-electron chi connectivity index (χ4n) is 2.28. The fraction of sp³-hybridized carbons (Fsp3) is 0.692. The van der Waals surface area contributed by atoms with Crippen LogP contribution in [0, 0.1) is 5.92 Å². The summed E-state index contributed by atoms with van der Waals surface area (Å²) in [6.07, 6.45) is 4.95. The number of anilines is 1. The minimum atomic E-state index is -0.348. The molecular formula is C13H21N5O2S. The molecular weight excluding hydrogens is 290 g/mol. The van der Waals surface area contributed by atoms with E-state index in [0.29, 0.717) is 24.6 Å². The monoisotopic (exact) mass is 311 g/mol. The molecule has 21 heavy (non-hydrogen) atoms. The average molecular weight is 311 g/mol. The fourth-order valence-corrected chi connectivity index (χ4v) is 3.05. The first kappa shape index (κ1) is 15.7. The van der Waals surface area contributed by atoms with Crippen molar-refractivity contribution in [2.45, 2.75) is 39.0 Å². The zero-order valence-corrected chi connectivity index (χ0v) is 13.0. The molecule has 8 heteroatoms. The van der Waals surface area contributed by atoms with E-state index in [4.69, 9.17) is 5.73 Å². The Hall–Kier alpha value is -1.70. The highest BCUT2D eigenvalue weighted by atomic mass is 32.1. The van der Waals surface area contributed by atoms with Gasteiger partial charge in [0.1, 0.15) is 5.01 Å². The number of nitrogens with one attached hydrogen (secondary N) is 1. The molecule has 0 saturated carbocycles. The quantitative estimate of drug-likeness (QED) is 0.779. The van der Waals surface area contributed by atoms with Crippen molar-refractivity contribution in [1.82, 2.24) is 15.1 Å². The number of rotatable bonds is 6. The topological polar surface area (TPSA) is 101 Å². The maximum Gasteiger partial charge on any atom is 0.323 e. The molecule has 1 aromatic heterocycles. The largest absolute Gasteiger partial charge is 0.369 e. The van der Waals surface area contributed by atoms with Crippen LogP contribution in [0.3, 0.4) is 0 Å². The summed E-state index contributed by atoms with van der Waals surface area (Å²) in [5, 5.41) is 12.2. The molecule has 3 N–H and O–H groups in total. The number of unbranched alkanes of at least 4 members (excludes halogenated alkanes) is 2. The van der Waals surface area contributed by atoms with Gasteiger partial charge in [0.25, 0.3) is 0 Å². The lowest BCUT2D eigenvalue weighted by Crippen LogP contribution is -2.34. The van der Waals surface area contributed by atoms with Gasteiger partial charge in [-0.1, -0.05) is 31.1 Å². The van der Waals surface area contributed by atoms with E-state index in [0.717, 1.165) is 17.8 Å². The maximum atomic E-state index is 12.1. The van der Waals surface area contributed by atoms with E-state index >= 15 is 0 Å². The van der Waals surface area contributed by atoms with E-state index in [1.807, 2.05) is 0 Å². The number of carbonyl (C=O) groups is 2. The summed E-state index contributed by atoms with van der Waals surface area (Å²) < 4.78 is 0. The minimum Gasteiger partial charge on any atom is -0.369 e. The molecule has 7 nitrogen and oxygen atoms in total. The van der Waals surface area contributed by atoms with Crippen LogP contribution in [-0.4, -0.2) is 40.1 Å². The highest BCUT2D eigenvalue weighted by Gasteiger charge is 2.30. The van der Waals surface area contributed by atoms with E-state index in [1.165, 1.54) is 24.2 Å². The molecule has 1 fully saturated rings. The van der Waals surface area contributed by atoms with Crippen molar-refractivity contribution in [3.05, 3.63) is 5.01 Å². The summed E-state index contributed by atoms with van der Waals surface area (Å²) >= 11 is 1.41. The van der Waals surface area contributed by atoms with Gasteiger partial charge >= 0.3 is 6.03 Å². The normalized spacial score (nSPS) is 18.0. The number of aryl methyl sites for hydroxylation is 1. The smallest absolute Gasteiger partial charge is 0.323 e. The molecule has 2 heterocycles. The molecule has 116 valence electrons. The molecule has 1 aliphatic rings. The van der Waals surface area contributed by atoms with Crippen molar-refractivity contribution in [1.29, 1.82) is 0 Å². The van der Waals surface area contributed by atoms with Crippen molar-refractivity contribution in [2.24, 2.45) is 11.7 Å². The number of nitrogens with zero attached hydrogens (tertiary/aromatic N) is 3. The van der Waals surface area contributed by atoms with Crippen molar-refractivity contribution in [3.63, 3.8) is 0 Å². The molecule has 1 aliphatic heterocycles. The van der Waals surface area contributed by atoms with Crippen molar-refractivity contribution < 1.29 is 9.59 Å². The van der Waals surface area contributed by atoms with Crippen molar-refractivity contribution >= 4 is 28.4 Å². The van der Waals surface area contributed by atoms with Crippen LogP contribution in [0.15, 0.2) is 0 Å². The van der Waals surface area contributed by atoms with Gasteiger partial charge in [-0.15, -0.1) is 10.2 Å². The van der Waals surface area contributed by atoms with Crippen LogP contribution < -0.4 is 11.1 Å². The van der Waals surface area contributed by atoms with Gasteiger partial charge < -0.3 is 10.6 Å². The third-order valence-corrected chi connectivity index (χ3v) is 4.45. The molecule has 3 amide bonds. The molecule has 0 aliphatic carbocycles. The summed E-state index contributed by atoms with van der Waals surface area (Å²) in [6, 6.07) is -0.241. The molecule has 0 spiro atoms. The van der Waals surface area contributed by atoms with Crippen LogP contribution in [0.1, 0.15) is 37.6 Å².